The quantitative estimate of drug-likeness (QED) is 0.756. The Balaban J connectivity index is 1.75. The van der Waals surface area contributed by atoms with E-state index in [4.69, 9.17) is 0 Å². The molecule has 0 amide bonds. The molecule has 0 spiro atoms. The molecular weight excluding hydrogens is 339 g/mol. The molecule has 1 aliphatic rings. The van der Waals surface area contributed by atoms with Gasteiger partial charge in [0.1, 0.15) is 5.82 Å². The zero-order valence-electron chi connectivity index (χ0n) is 13.4. The predicted octanol–water partition coefficient (Wildman–Crippen LogP) is 3.43. The van der Waals surface area contributed by atoms with E-state index in [9.17, 15) is 12.8 Å². The largest absolute Gasteiger partial charge is 0.312 e. The zero-order chi connectivity index (χ0) is 17.4. The molecule has 1 aliphatic heterocycles. The molecule has 0 atom stereocenters. The molecule has 4 nitrogen and oxygen atoms in total. The number of rotatable bonds is 3. The monoisotopic (exact) mass is 356 g/mol. The molecule has 3 aromatic rings. The molecule has 0 saturated carbocycles. The average Bonchev–Trinajstić information content (AvgIpc) is 2.61. The number of fused-ring (bicyclic) bond motifs is 2. The topological polar surface area (TPSA) is 58.2 Å². The highest BCUT2D eigenvalue weighted by Crippen LogP contribution is 2.28. The van der Waals surface area contributed by atoms with Crippen LogP contribution < -0.4 is 10.0 Å². The normalized spacial score (nSPS) is 14.3. The van der Waals surface area contributed by atoms with E-state index in [-0.39, 0.29) is 4.90 Å². The summed E-state index contributed by atoms with van der Waals surface area (Å²) in [7, 11) is -3.82. The Labute approximate surface area is 145 Å². The maximum atomic E-state index is 13.9. The highest BCUT2D eigenvalue weighted by atomic mass is 32.2. The minimum absolute atomic E-state index is 0.0698. The van der Waals surface area contributed by atoms with Crippen LogP contribution in [0.3, 0.4) is 0 Å². The van der Waals surface area contributed by atoms with E-state index in [0.29, 0.717) is 16.5 Å². The van der Waals surface area contributed by atoms with Gasteiger partial charge < -0.3 is 5.32 Å². The van der Waals surface area contributed by atoms with Crippen molar-refractivity contribution in [2.45, 2.75) is 17.9 Å². The molecule has 0 aliphatic carbocycles. The third-order valence-corrected chi connectivity index (χ3v) is 5.90. The summed E-state index contributed by atoms with van der Waals surface area (Å²) in [5, 5.41) is 3.94. The smallest absolute Gasteiger partial charge is 0.262 e. The summed E-state index contributed by atoms with van der Waals surface area (Å²) in [5.41, 5.74) is 2.83. The fraction of sp³-hybridized carbons (Fsp3) is 0.158. The van der Waals surface area contributed by atoms with Crippen LogP contribution in [0.15, 0.2) is 59.5 Å². The molecule has 0 bridgehead atoms. The summed E-state index contributed by atoms with van der Waals surface area (Å²) >= 11 is 0. The molecule has 0 saturated heterocycles. The first-order valence-electron chi connectivity index (χ1n) is 8.07. The Kier molecular flexibility index (Phi) is 3.94. The average molecular weight is 356 g/mol. The second-order valence-electron chi connectivity index (χ2n) is 6.11. The third-order valence-electron chi connectivity index (χ3n) is 4.47. The Morgan fingerprint density at radius 3 is 2.60 bits per heavy atom. The van der Waals surface area contributed by atoms with E-state index < -0.39 is 15.8 Å². The molecule has 2 N–H and O–H groups in total. The van der Waals surface area contributed by atoms with Gasteiger partial charge in [0.05, 0.1) is 4.90 Å². The van der Waals surface area contributed by atoms with Gasteiger partial charge in [0.15, 0.2) is 0 Å². The van der Waals surface area contributed by atoms with Crippen molar-refractivity contribution in [2.75, 3.05) is 11.3 Å². The molecule has 128 valence electrons. The van der Waals surface area contributed by atoms with Crippen molar-refractivity contribution in [3.8, 4) is 0 Å². The standard InChI is InChI=1S/C19H17FN2O2S/c20-18-7-8-19(17-4-2-1-3-16(17)18)25(23,24)22-15-6-5-13-9-10-21-12-14(13)11-15/h1-8,11,21-22H,9-10,12H2. The first-order valence-corrected chi connectivity index (χ1v) is 9.55. The predicted molar refractivity (Wildman–Crippen MR) is 96.6 cm³/mol. The second kappa shape index (κ2) is 6.13. The molecule has 1 heterocycles. The molecular formula is C19H17FN2O2S. The van der Waals surface area contributed by atoms with E-state index in [1.165, 1.54) is 17.7 Å². The molecule has 6 heteroatoms. The van der Waals surface area contributed by atoms with E-state index >= 15 is 0 Å². The lowest BCUT2D eigenvalue weighted by atomic mass is 10.0. The molecule has 0 aromatic heterocycles. The van der Waals surface area contributed by atoms with Gasteiger partial charge in [-0.2, -0.15) is 0 Å². The van der Waals surface area contributed by atoms with Gasteiger partial charge in [0.2, 0.25) is 0 Å². The summed E-state index contributed by atoms with van der Waals surface area (Å²) in [6.45, 7) is 1.66. The van der Waals surface area contributed by atoms with Crippen molar-refractivity contribution in [3.05, 3.63) is 71.5 Å². The number of hydrogen-bond donors (Lipinski definition) is 2. The fourth-order valence-corrected chi connectivity index (χ4v) is 4.49. The van der Waals surface area contributed by atoms with Gasteiger partial charge in [0.25, 0.3) is 10.0 Å². The van der Waals surface area contributed by atoms with Crippen LogP contribution in [0.1, 0.15) is 11.1 Å². The van der Waals surface area contributed by atoms with Crippen LogP contribution in [0.5, 0.6) is 0 Å². The molecule has 3 aromatic carbocycles. The number of anilines is 1. The molecule has 0 unspecified atom stereocenters. The zero-order valence-corrected chi connectivity index (χ0v) is 14.2. The van der Waals surface area contributed by atoms with Crippen LogP contribution in [0.2, 0.25) is 0 Å². The van der Waals surface area contributed by atoms with Crippen molar-refractivity contribution in [2.24, 2.45) is 0 Å². The van der Waals surface area contributed by atoms with Crippen LogP contribution in [-0.2, 0) is 23.0 Å². The third kappa shape index (κ3) is 2.99. The van der Waals surface area contributed by atoms with Crippen molar-refractivity contribution in [1.82, 2.24) is 5.32 Å². The van der Waals surface area contributed by atoms with Gasteiger partial charge in [-0.1, -0.05) is 30.3 Å². The maximum Gasteiger partial charge on any atom is 0.262 e. The highest BCUT2D eigenvalue weighted by Gasteiger charge is 2.19. The Hall–Kier alpha value is -2.44. The van der Waals surface area contributed by atoms with E-state index in [1.54, 1.807) is 30.3 Å². The van der Waals surface area contributed by atoms with Gasteiger partial charge in [-0.15, -0.1) is 0 Å². The Morgan fingerprint density at radius 2 is 1.76 bits per heavy atom. The van der Waals surface area contributed by atoms with Gasteiger partial charge in [-0.3, -0.25) is 4.72 Å². The van der Waals surface area contributed by atoms with Crippen LogP contribution in [0.4, 0.5) is 10.1 Å². The number of sulfonamides is 1. The Bertz CT molecular complexity index is 1060. The summed E-state index contributed by atoms with van der Waals surface area (Å²) in [6, 6.07) is 14.7. The van der Waals surface area contributed by atoms with Crippen molar-refractivity contribution in [3.63, 3.8) is 0 Å². The summed E-state index contributed by atoms with van der Waals surface area (Å²) in [4.78, 5) is 0.0698. The lowest BCUT2D eigenvalue weighted by molar-refractivity contribution is 0.601. The molecule has 25 heavy (non-hydrogen) atoms. The lowest BCUT2D eigenvalue weighted by Crippen LogP contribution is -2.23. The summed E-state index contributed by atoms with van der Waals surface area (Å²) < 4.78 is 42.3. The number of benzene rings is 3. The minimum Gasteiger partial charge on any atom is -0.312 e. The van der Waals surface area contributed by atoms with Gasteiger partial charge >= 0.3 is 0 Å². The lowest BCUT2D eigenvalue weighted by Gasteiger charge is -2.18. The van der Waals surface area contributed by atoms with Crippen LogP contribution >= 0.6 is 0 Å². The SMILES string of the molecule is O=S(=O)(Nc1ccc2c(c1)CNCC2)c1ccc(F)c2ccccc12. The van der Waals surface area contributed by atoms with Gasteiger partial charge in [-0.05, 0) is 48.4 Å². The molecule has 0 fully saturated rings. The highest BCUT2D eigenvalue weighted by molar-refractivity contribution is 7.93. The number of halogens is 1. The Morgan fingerprint density at radius 1 is 0.960 bits per heavy atom. The molecule has 0 radical (unpaired) electrons. The molecule has 4 rings (SSSR count). The summed E-state index contributed by atoms with van der Waals surface area (Å²) in [6.07, 6.45) is 0.935. The fourth-order valence-electron chi connectivity index (χ4n) is 3.22. The number of hydrogen-bond acceptors (Lipinski definition) is 3. The van der Waals surface area contributed by atoms with Crippen molar-refractivity contribution >= 4 is 26.5 Å². The van der Waals surface area contributed by atoms with E-state index in [2.05, 4.69) is 10.0 Å². The summed E-state index contributed by atoms with van der Waals surface area (Å²) in [5.74, 6) is -0.436. The van der Waals surface area contributed by atoms with Crippen molar-refractivity contribution in [1.29, 1.82) is 0 Å². The van der Waals surface area contributed by atoms with Crippen LogP contribution in [0.25, 0.3) is 10.8 Å². The first kappa shape index (κ1) is 16.1. The maximum absolute atomic E-state index is 13.9. The second-order valence-corrected chi connectivity index (χ2v) is 7.76. The van der Waals surface area contributed by atoms with E-state index in [0.717, 1.165) is 25.1 Å². The van der Waals surface area contributed by atoms with E-state index in [1.807, 2.05) is 12.1 Å². The van der Waals surface area contributed by atoms with Gasteiger partial charge in [-0.25, -0.2) is 12.8 Å². The van der Waals surface area contributed by atoms with Gasteiger partial charge in [0, 0.05) is 23.0 Å². The van der Waals surface area contributed by atoms with Crippen LogP contribution in [0, 0.1) is 5.82 Å². The minimum atomic E-state index is -3.82. The van der Waals surface area contributed by atoms with Crippen molar-refractivity contribution < 1.29 is 12.8 Å². The van der Waals surface area contributed by atoms with Crippen LogP contribution in [-0.4, -0.2) is 15.0 Å². The number of nitrogens with one attached hydrogen (secondary N) is 2. The first-order chi connectivity index (χ1) is 12.0.